The Labute approximate surface area is 142 Å². The van der Waals surface area contributed by atoms with E-state index in [9.17, 15) is 5.11 Å². The molecule has 6 heteroatoms. The molecule has 4 nitrogen and oxygen atoms in total. The fourth-order valence-corrected chi connectivity index (χ4v) is 6.18. The topological polar surface area (TPSA) is 47.9 Å². The zero-order valence-electron chi connectivity index (χ0n) is 14.1. The first-order valence-corrected chi connectivity index (χ1v) is 8.75. The maximum absolute atomic E-state index is 11.0. The van der Waals surface area contributed by atoms with Gasteiger partial charge in [0.25, 0.3) is 0 Å². The van der Waals surface area contributed by atoms with Crippen LogP contribution in [0, 0.1) is 0 Å². The molecule has 0 saturated carbocycles. The third-order valence-electron chi connectivity index (χ3n) is 5.38. The van der Waals surface area contributed by atoms with E-state index < -0.39 is 39.2 Å². The molecule has 0 aromatic rings. The highest BCUT2D eigenvalue weighted by Crippen LogP contribution is 2.65. The second-order valence-corrected chi connectivity index (χ2v) is 9.44. The number of alkyl halides is 2. The van der Waals surface area contributed by atoms with Crippen molar-refractivity contribution in [3.8, 4) is 0 Å². The summed E-state index contributed by atoms with van der Waals surface area (Å²) in [4.78, 5) is 0. The van der Waals surface area contributed by atoms with Gasteiger partial charge in [-0.05, 0) is 41.5 Å². The van der Waals surface area contributed by atoms with E-state index in [2.05, 4.69) is 0 Å². The lowest BCUT2D eigenvalue weighted by molar-refractivity contribution is -0.300. The summed E-state index contributed by atoms with van der Waals surface area (Å²) in [5.41, 5.74) is -3.76. The normalized spacial score (nSPS) is 55.8. The second-order valence-electron chi connectivity index (χ2n) is 8.74. The molecule has 0 bridgehead atoms. The summed E-state index contributed by atoms with van der Waals surface area (Å²) in [5, 5.41) is 10.3. The Hall–Kier alpha value is 0.420. The molecule has 128 valence electrons. The van der Waals surface area contributed by atoms with Gasteiger partial charge in [-0.25, -0.2) is 0 Å². The fourth-order valence-electron chi connectivity index (χ4n) is 4.94. The van der Waals surface area contributed by atoms with Crippen molar-refractivity contribution in [1.29, 1.82) is 0 Å². The predicted octanol–water partition coefficient (Wildman–Crippen LogP) is 3.21. The van der Waals surface area contributed by atoms with Crippen molar-refractivity contribution in [3.63, 3.8) is 0 Å². The van der Waals surface area contributed by atoms with Crippen LogP contribution in [0.5, 0.6) is 0 Å². The van der Waals surface area contributed by atoms with E-state index in [-0.39, 0.29) is 5.88 Å². The van der Waals surface area contributed by atoms with Crippen LogP contribution < -0.4 is 0 Å². The van der Waals surface area contributed by atoms with Crippen LogP contribution in [-0.4, -0.2) is 50.2 Å². The number of fused-ring (bicyclic) bond motifs is 1. The first-order valence-electron chi connectivity index (χ1n) is 7.78. The molecule has 0 aromatic heterocycles. The SMILES string of the molecule is CC1(C)C[C@@](C)(O)C2(O1)O[C@]1(C)CC(C)(C)O[C@]1(CCl)[C@H]2Cl. The standard InChI is InChI=1S/C16H26Cl2O4/c1-11(2)7-13(5,19)16(21-11)10(18)15(9-17)14(6,22-16)8-12(3,4)20-15/h10,19H,7-9H2,1-6H3/t10-,13-,14-,15-,16?/m1/s1. The van der Waals surface area contributed by atoms with Gasteiger partial charge in [-0.15, -0.1) is 23.2 Å². The lowest BCUT2D eigenvalue weighted by Gasteiger charge is -2.40. The molecule has 5 atom stereocenters. The second kappa shape index (κ2) is 4.33. The van der Waals surface area contributed by atoms with Gasteiger partial charge in [-0.2, -0.15) is 0 Å². The van der Waals surface area contributed by atoms with Crippen LogP contribution in [-0.2, 0) is 14.2 Å². The monoisotopic (exact) mass is 352 g/mol. The molecule has 3 aliphatic heterocycles. The van der Waals surface area contributed by atoms with Crippen molar-refractivity contribution in [3.05, 3.63) is 0 Å². The number of halogens is 2. The van der Waals surface area contributed by atoms with Gasteiger partial charge in [-0.3, -0.25) is 0 Å². The summed E-state index contributed by atoms with van der Waals surface area (Å²) in [5.74, 6) is -1.14. The Balaban J connectivity index is 2.11. The van der Waals surface area contributed by atoms with E-state index >= 15 is 0 Å². The predicted molar refractivity (Wildman–Crippen MR) is 85.5 cm³/mol. The van der Waals surface area contributed by atoms with Crippen LogP contribution in [0.15, 0.2) is 0 Å². The van der Waals surface area contributed by atoms with Gasteiger partial charge in [0.1, 0.15) is 22.2 Å². The van der Waals surface area contributed by atoms with Crippen LogP contribution >= 0.6 is 23.2 Å². The van der Waals surface area contributed by atoms with Crippen LogP contribution in [0.1, 0.15) is 54.4 Å². The van der Waals surface area contributed by atoms with Gasteiger partial charge in [0, 0.05) is 12.8 Å². The minimum absolute atomic E-state index is 0.183. The highest BCUT2D eigenvalue weighted by molar-refractivity contribution is 6.25. The van der Waals surface area contributed by atoms with E-state index in [0.29, 0.717) is 12.8 Å². The van der Waals surface area contributed by atoms with Crippen LogP contribution in [0.25, 0.3) is 0 Å². The highest BCUT2D eigenvalue weighted by atomic mass is 35.5. The minimum atomic E-state index is -1.32. The zero-order chi connectivity index (χ0) is 16.8. The van der Waals surface area contributed by atoms with E-state index in [1.54, 1.807) is 6.92 Å². The zero-order valence-corrected chi connectivity index (χ0v) is 15.6. The fraction of sp³-hybridized carbons (Fsp3) is 1.00. The van der Waals surface area contributed by atoms with Gasteiger partial charge < -0.3 is 19.3 Å². The summed E-state index contributed by atoms with van der Waals surface area (Å²) in [6.45, 7) is 11.5. The van der Waals surface area contributed by atoms with Gasteiger partial charge in [0.2, 0.25) is 5.79 Å². The largest absolute Gasteiger partial charge is 0.384 e. The molecule has 1 spiro atoms. The lowest BCUT2D eigenvalue weighted by Crippen LogP contribution is -2.59. The van der Waals surface area contributed by atoms with Crippen molar-refractivity contribution < 1.29 is 19.3 Å². The molecule has 3 saturated heterocycles. The number of ether oxygens (including phenoxy) is 3. The Morgan fingerprint density at radius 2 is 1.50 bits per heavy atom. The molecule has 3 fully saturated rings. The number of hydrogen-bond donors (Lipinski definition) is 1. The smallest absolute Gasteiger partial charge is 0.218 e. The molecule has 0 aliphatic carbocycles. The van der Waals surface area contributed by atoms with Crippen molar-refractivity contribution in [2.75, 3.05) is 5.88 Å². The molecule has 0 radical (unpaired) electrons. The summed E-state index contributed by atoms with van der Waals surface area (Å²) >= 11 is 13.2. The summed E-state index contributed by atoms with van der Waals surface area (Å²) in [6.07, 6.45) is 1.07. The average Bonchev–Trinajstić information content (AvgIpc) is 2.68. The third kappa shape index (κ3) is 1.91. The first-order chi connectivity index (χ1) is 9.75. The third-order valence-corrected chi connectivity index (χ3v) is 6.42. The van der Waals surface area contributed by atoms with Crippen LogP contribution in [0.4, 0.5) is 0 Å². The molecule has 1 unspecified atom stereocenters. The Kier molecular flexibility index (Phi) is 3.39. The van der Waals surface area contributed by atoms with Gasteiger partial charge >= 0.3 is 0 Å². The van der Waals surface area contributed by atoms with Gasteiger partial charge in [0.15, 0.2) is 0 Å². The van der Waals surface area contributed by atoms with Gasteiger partial charge in [0.05, 0.1) is 17.1 Å². The Morgan fingerprint density at radius 3 is 1.91 bits per heavy atom. The van der Waals surface area contributed by atoms with Crippen molar-refractivity contribution in [2.45, 2.75) is 93.6 Å². The number of aliphatic hydroxyl groups is 1. The van der Waals surface area contributed by atoms with E-state index in [0.717, 1.165) is 0 Å². The lowest BCUT2D eigenvalue weighted by atomic mass is 9.79. The molecule has 0 aromatic carbocycles. The molecule has 3 rings (SSSR count). The van der Waals surface area contributed by atoms with Crippen LogP contribution in [0.3, 0.4) is 0 Å². The first kappa shape index (κ1) is 17.2. The minimum Gasteiger partial charge on any atom is -0.384 e. The van der Waals surface area contributed by atoms with Crippen molar-refractivity contribution in [1.82, 2.24) is 0 Å². The van der Waals surface area contributed by atoms with Gasteiger partial charge in [-0.1, -0.05) is 0 Å². The van der Waals surface area contributed by atoms with E-state index in [1.165, 1.54) is 0 Å². The van der Waals surface area contributed by atoms with E-state index in [4.69, 9.17) is 37.4 Å². The quantitative estimate of drug-likeness (QED) is 0.736. The summed E-state index contributed by atoms with van der Waals surface area (Å²) in [6, 6.07) is 0. The summed E-state index contributed by atoms with van der Waals surface area (Å²) in [7, 11) is 0. The number of hydrogen-bond acceptors (Lipinski definition) is 4. The van der Waals surface area contributed by atoms with Crippen molar-refractivity contribution in [2.24, 2.45) is 0 Å². The molecular formula is C16H26Cl2O4. The molecule has 3 heterocycles. The van der Waals surface area contributed by atoms with Crippen molar-refractivity contribution >= 4 is 23.2 Å². The Morgan fingerprint density at radius 1 is 0.955 bits per heavy atom. The number of rotatable bonds is 1. The van der Waals surface area contributed by atoms with E-state index in [1.807, 2.05) is 34.6 Å². The maximum atomic E-state index is 11.0. The summed E-state index contributed by atoms with van der Waals surface area (Å²) < 4.78 is 18.9. The molecule has 0 amide bonds. The molecular weight excluding hydrogens is 327 g/mol. The van der Waals surface area contributed by atoms with Crippen LogP contribution in [0.2, 0.25) is 0 Å². The molecule has 1 N–H and O–H groups in total. The molecule has 22 heavy (non-hydrogen) atoms. The average molecular weight is 353 g/mol. The Bertz CT molecular complexity index is 506. The molecule has 3 aliphatic rings. The maximum Gasteiger partial charge on any atom is 0.218 e. The highest BCUT2D eigenvalue weighted by Gasteiger charge is 2.81.